The fourth-order valence-corrected chi connectivity index (χ4v) is 2.14. The number of nitrogens with one attached hydrogen (secondary N) is 1. The fourth-order valence-electron chi connectivity index (χ4n) is 2.14. The molecule has 0 bridgehead atoms. The van der Waals surface area contributed by atoms with Crippen LogP contribution in [0.1, 0.15) is 32.6 Å². The number of rotatable bonds is 4. The first-order valence-corrected chi connectivity index (χ1v) is 6.44. The second kappa shape index (κ2) is 5.04. The molecule has 1 aliphatic carbocycles. The number of aliphatic imine (C=N–C) groups is 1. The van der Waals surface area contributed by atoms with Crippen LogP contribution in [0.3, 0.4) is 0 Å². The van der Waals surface area contributed by atoms with E-state index in [4.69, 9.17) is 0 Å². The van der Waals surface area contributed by atoms with E-state index in [2.05, 4.69) is 22.1 Å². The van der Waals surface area contributed by atoms with Crippen LogP contribution in [0.15, 0.2) is 4.99 Å². The SMILES string of the molecule is CCNC(=NCC1(CO)CC1)N1CCCC1. The average molecular weight is 225 g/mol. The molecule has 1 saturated carbocycles. The summed E-state index contributed by atoms with van der Waals surface area (Å²) in [4.78, 5) is 7.00. The van der Waals surface area contributed by atoms with Crippen LogP contribution in [-0.2, 0) is 0 Å². The maximum Gasteiger partial charge on any atom is 0.193 e. The summed E-state index contributed by atoms with van der Waals surface area (Å²) in [6.45, 7) is 6.33. The van der Waals surface area contributed by atoms with Gasteiger partial charge in [-0.3, -0.25) is 4.99 Å². The van der Waals surface area contributed by atoms with E-state index >= 15 is 0 Å². The number of hydrogen-bond acceptors (Lipinski definition) is 2. The summed E-state index contributed by atoms with van der Waals surface area (Å²) in [5, 5.41) is 12.6. The molecule has 92 valence electrons. The smallest absolute Gasteiger partial charge is 0.193 e. The lowest BCUT2D eigenvalue weighted by molar-refractivity contribution is 0.216. The van der Waals surface area contributed by atoms with Gasteiger partial charge in [-0.1, -0.05) is 0 Å². The lowest BCUT2D eigenvalue weighted by atomic mass is 10.1. The van der Waals surface area contributed by atoms with Crippen LogP contribution in [0.2, 0.25) is 0 Å². The maximum absolute atomic E-state index is 9.26. The standard InChI is InChI=1S/C12H23N3O/c1-2-13-11(15-7-3-4-8-15)14-9-12(10-16)5-6-12/h16H,2-10H2,1H3,(H,13,14). The van der Waals surface area contributed by atoms with Crippen molar-refractivity contribution in [2.75, 3.05) is 32.8 Å². The quantitative estimate of drug-likeness (QED) is 0.550. The molecule has 0 aromatic carbocycles. The van der Waals surface area contributed by atoms with E-state index in [9.17, 15) is 5.11 Å². The number of aliphatic hydroxyl groups excluding tert-OH is 1. The van der Waals surface area contributed by atoms with Gasteiger partial charge in [-0.25, -0.2) is 0 Å². The van der Waals surface area contributed by atoms with E-state index in [1.54, 1.807) is 0 Å². The van der Waals surface area contributed by atoms with Gasteiger partial charge in [-0.15, -0.1) is 0 Å². The Bertz CT molecular complexity index is 255. The molecule has 16 heavy (non-hydrogen) atoms. The summed E-state index contributed by atoms with van der Waals surface area (Å²) in [5.74, 6) is 1.04. The molecular formula is C12H23N3O. The molecule has 1 heterocycles. The second-order valence-corrected chi connectivity index (χ2v) is 5.02. The Balaban J connectivity index is 1.92. The molecule has 0 atom stereocenters. The average Bonchev–Trinajstić information content (AvgIpc) is 2.88. The highest BCUT2D eigenvalue weighted by Crippen LogP contribution is 2.45. The summed E-state index contributed by atoms with van der Waals surface area (Å²) in [7, 11) is 0. The first-order valence-electron chi connectivity index (χ1n) is 6.44. The predicted octanol–water partition coefficient (Wildman–Crippen LogP) is 0.820. The van der Waals surface area contributed by atoms with Gasteiger partial charge >= 0.3 is 0 Å². The van der Waals surface area contributed by atoms with Gasteiger partial charge in [0.05, 0.1) is 13.2 Å². The predicted molar refractivity (Wildman–Crippen MR) is 65.5 cm³/mol. The minimum atomic E-state index is 0.125. The Hall–Kier alpha value is -0.770. The first-order chi connectivity index (χ1) is 7.79. The Morgan fingerprint density at radius 2 is 2.06 bits per heavy atom. The van der Waals surface area contributed by atoms with Crippen LogP contribution < -0.4 is 5.32 Å². The summed E-state index contributed by atoms with van der Waals surface area (Å²) >= 11 is 0. The van der Waals surface area contributed by atoms with Gasteiger partial charge in [0.2, 0.25) is 0 Å². The first kappa shape index (κ1) is 11.7. The lowest BCUT2D eigenvalue weighted by Crippen LogP contribution is -2.40. The van der Waals surface area contributed by atoms with Crippen molar-refractivity contribution in [3.63, 3.8) is 0 Å². The van der Waals surface area contributed by atoms with E-state index in [0.29, 0.717) is 0 Å². The highest BCUT2D eigenvalue weighted by molar-refractivity contribution is 5.80. The molecule has 0 amide bonds. The molecule has 0 aromatic heterocycles. The van der Waals surface area contributed by atoms with Gasteiger partial charge < -0.3 is 15.3 Å². The topological polar surface area (TPSA) is 47.9 Å². The van der Waals surface area contributed by atoms with Crippen LogP contribution in [0, 0.1) is 5.41 Å². The van der Waals surface area contributed by atoms with E-state index < -0.39 is 0 Å². The van der Waals surface area contributed by atoms with Crippen molar-refractivity contribution in [1.29, 1.82) is 0 Å². The van der Waals surface area contributed by atoms with Crippen LogP contribution in [0.25, 0.3) is 0 Å². The fraction of sp³-hybridized carbons (Fsp3) is 0.917. The number of guanidine groups is 1. The van der Waals surface area contributed by atoms with Crippen molar-refractivity contribution in [2.45, 2.75) is 32.6 Å². The van der Waals surface area contributed by atoms with Gasteiger partial charge in [0.1, 0.15) is 0 Å². The molecule has 0 unspecified atom stereocenters. The lowest BCUT2D eigenvalue weighted by Gasteiger charge is -2.21. The maximum atomic E-state index is 9.26. The summed E-state index contributed by atoms with van der Waals surface area (Å²) in [6.07, 6.45) is 4.81. The molecule has 0 spiro atoms. The third kappa shape index (κ3) is 2.67. The van der Waals surface area contributed by atoms with Crippen molar-refractivity contribution in [3.8, 4) is 0 Å². The molecule has 0 aromatic rings. The normalized spacial score (nSPS) is 23.6. The number of nitrogens with zero attached hydrogens (tertiary/aromatic N) is 2. The summed E-state index contributed by atoms with van der Waals surface area (Å²) < 4.78 is 0. The van der Waals surface area contributed by atoms with Gasteiger partial charge in [0, 0.05) is 25.0 Å². The van der Waals surface area contributed by atoms with E-state index in [1.807, 2.05) is 0 Å². The number of likely N-dealkylation sites (tertiary alicyclic amines) is 1. The Kier molecular flexibility index (Phi) is 3.69. The zero-order chi connectivity index (χ0) is 11.4. The van der Waals surface area contributed by atoms with E-state index in [1.165, 1.54) is 12.8 Å². The molecule has 4 nitrogen and oxygen atoms in total. The van der Waals surface area contributed by atoms with Crippen molar-refractivity contribution >= 4 is 5.96 Å². The third-order valence-electron chi connectivity index (χ3n) is 3.60. The van der Waals surface area contributed by atoms with Gasteiger partial charge in [-0.05, 0) is 32.6 Å². The second-order valence-electron chi connectivity index (χ2n) is 5.02. The van der Waals surface area contributed by atoms with Crippen molar-refractivity contribution in [3.05, 3.63) is 0 Å². The Labute approximate surface area is 97.7 Å². The van der Waals surface area contributed by atoms with Crippen LogP contribution in [0.4, 0.5) is 0 Å². The highest BCUT2D eigenvalue weighted by atomic mass is 16.3. The zero-order valence-corrected chi connectivity index (χ0v) is 10.2. The molecule has 0 radical (unpaired) electrons. The van der Waals surface area contributed by atoms with Gasteiger partial charge in [-0.2, -0.15) is 0 Å². The Morgan fingerprint density at radius 3 is 2.56 bits per heavy atom. The highest BCUT2D eigenvalue weighted by Gasteiger charge is 2.41. The monoisotopic (exact) mass is 225 g/mol. The van der Waals surface area contributed by atoms with Crippen LogP contribution >= 0.6 is 0 Å². The van der Waals surface area contributed by atoms with Crippen molar-refractivity contribution in [2.24, 2.45) is 10.4 Å². The molecule has 1 aliphatic heterocycles. The molecule has 2 N–H and O–H groups in total. The minimum absolute atomic E-state index is 0.125. The number of hydrogen-bond donors (Lipinski definition) is 2. The minimum Gasteiger partial charge on any atom is -0.396 e. The largest absolute Gasteiger partial charge is 0.396 e. The summed E-state index contributed by atoms with van der Waals surface area (Å²) in [6, 6.07) is 0. The van der Waals surface area contributed by atoms with Crippen LogP contribution in [-0.4, -0.2) is 48.8 Å². The van der Waals surface area contributed by atoms with Gasteiger partial charge in [0.15, 0.2) is 5.96 Å². The molecular weight excluding hydrogens is 202 g/mol. The zero-order valence-electron chi connectivity index (χ0n) is 10.2. The van der Waals surface area contributed by atoms with Crippen LogP contribution in [0.5, 0.6) is 0 Å². The molecule has 1 saturated heterocycles. The molecule has 2 rings (SSSR count). The van der Waals surface area contributed by atoms with Crippen molar-refractivity contribution in [1.82, 2.24) is 10.2 Å². The van der Waals surface area contributed by atoms with Gasteiger partial charge in [0.25, 0.3) is 0 Å². The van der Waals surface area contributed by atoms with Crippen molar-refractivity contribution < 1.29 is 5.11 Å². The third-order valence-corrected chi connectivity index (χ3v) is 3.60. The van der Waals surface area contributed by atoms with E-state index in [-0.39, 0.29) is 12.0 Å². The summed E-state index contributed by atoms with van der Waals surface area (Å²) in [5.41, 5.74) is 0.125. The Morgan fingerprint density at radius 1 is 1.38 bits per heavy atom. The number of aliphatic hydroxyl groups is 1. The van der Waals surface area contributed by atoms with E-state index in [0.717, 1.165) is 45.0 Å². The molecule has 2 fully saturated rings. The molecule has 4 heteroatoms. The molecule has 2 aliphatic rings.